The molecule has 1 heterocycles. The quantitative estimate of drug-likeness (QED) is 0.918. The van der Waals surface area contributed by atoms with Gasteiger partial charge in [-0.15, -0.1) is 0 Å². The molecular formula is C19H30N2. The van der Waals surface area contributed by atoms with Crippen LogP contribution in [-0.4, -0.2) is 30.6 Å². The first kappa shape index (κ1) is 15.1. The van der Waals surface area contributed by atoms with Crippen LogP contribution < -0.4 is 5.73 Å². The van der Waals surface area contributed by atoms with E-state index < -0.39 is 0 Å². The van der Waals surface area contributed by atoms with Crippen molar-refractivity contribution in [3.05, 3.63) is 35.9 Å². The molecule has 2 heteroatoms. The van der Waals surface area contributed by atoms with Crippen LogP contribution in [0.25, 0.3) is 0 Å². The molecule has 0 aromatic heterocycles. The van der Waals surface area contributed by atoms with E-state index in [0.717, 1.165) is 11.8 Å². The summed E-state index contributed by atoms with van der Waals surface area (Å²) in [5.41, 5.74) is 7.80. The molecule has 1 aliphatic carbocycles. The Hall–Kier alpha value is -0.860. The summed E-state index contributed by atoms with van der Waals surface area (Å²) in [4.78, 5) is 2.68. The van der Waals surface area contributed by atoms with E-state index in [2.05, 4.69) is 35.2 Å². The Morgan fingerprint density at radius 2 is 1.67 bits per heavy atom. The van der Waals surface area contributed by atoms with Crippen molar-refractivity contribution >= 4 is 0 Å². The fourth-order valence-electron chi connectivity index (χ4n) is 4.12. The zero-order valence-electron chi connectivity index (χ0n) is 13.2. The van der Waals surface area contributed by atoms with Gasteiger partial charge in [0.05, 0.1) is 0 Å². The van der Waals surface area contributed by atoms with Crippen LogP contribution in [0.4, 0.5) is 0 Å². The van der Waals surface area contributed by atoms with E-state index in [1.807, 2.05) is 0 Å². The van der Waals surface area contributed by atoms with E-state index in [-0.39, 0.29) is 0 Å². The third-order valence-electron chi connectivity index (χ3n) is 5.53. The molecule has 2 unspecified atom stereocenters. The summed E-state index contributed by atoms with van der Waals surface area (Å²) in [5, 5.41) is 0. The Labute approximate surface area is 129 Å². The number of likely N-dealkylation sites (tertiary alicyclic amines) is 1. The lowest BCUT2D eigenvalue weighted by Crippen LogP contribution is -2.44. The standard InChI is InChI=1S/C19H30N2/c20-19-9-5-4-8-18(19)15-21-12-10-17(11-13-21)14-16-6-2-1-3-7-16/h1-3,6-7,17-19H,4-5,8-15,20H2. The van der Waals surface area contributed by atoms with Crippen molar-refractivity contribution in [3.63, 3.8) is 0 Å². The smallest absolute Gasteiger partial charge is 0.00793 e. The highest BCUT2D eigenvalue weighted by Crippen LogP contribution is 2.27. The Morgan fingerprint density at radius 3 is 2.38 bits per heavy atom. The van der Waals surface area contributed by atoms with Crippen molar-refractivity contribution in [2.75, 3.05) is 19.6 Å². The SMILES string of the molecule is NC1CCCCC1CN1CCC(Cc2ccccc2)CC1. The monoisotopic (exact) mass is 286 g/mol. The summed E-state index contributed by atoms with van der Waals surface area (Å²) >= 11 is 0. The van der Waals surface area contributed by atoms with Gasteiger partial charge in [0.15, 0.2) is 0 Å². The van der Waals surface area contributed by atoms with Crippen molar-refractivity contribution in [3.8, 4) is 0 Å². The van der Waals surface area contributed by atoms with Crippen LogP contribution in [0.2, 0.25) is 0 Å². The van der Waals surface area contributed by atoms with Crippen molar-refractivity contribution in [2.24, 2.45) is 17.6 Å². The van der Waals surface area contributed by atoms with Crippen molar-refractivity contribution in [1.29, 1.82) is 0 Å². The van der Waals surface area contributed by atoms with Gasteiger partial charge in [-0.1, -0.05) is 43.2 Å². The van der Waals surface area contributed by atoms with Crippen LogP contribution in [0.5, 0.6) is 0 Å². The highest BCUT2D eigenvalue weighted by Gasteiger charge is 2.26. The summed E-state index contributed by atoms with van der Waals surface area (Å²) in [6.07, 6.45) is 9.31. The van der Waals surface area contributed by atoms with Crippen LogP contribution in [0.3, 0.4) is 0 Å². The number of hydrogen-bond donors (Lipinski definition) is 1. The van der Waals surface area contributed by atoms with E-state index in [1.165, 1.54) is 70.1 Å². The van der Waals surface area contributed by atoms with E-state index in [1.54, 1.807) is 0 Å². The molecule has 1 aliphatic heterocycles. The van der Waals surface area contributed by atoms with Gasteiger partial charge in [0.25, 0.3) is 0 Å². The molecule has 1 aromatic rings. The molecule has 21 heavy (non-hydrogen) atoms. The second-order valence-corrected chi connectivity index (χ2v) is 7.14. The third-order valence-corrected chi connectivity index (χ3v) is 5.53. The zero-order chi connectivity index (χ0) is 14.5. The lowest BCUT2D eigenvalue weighted by molar-refractivity contribution is 0.137. The molecule has 116 valence electrons. The van der Waals surface area contributed by atoms with Gasteiger partial charge in [-0.3, -0.25) is 0 Å². The topological polar surface area (TPSA) is 29.3 Å². The molecule has 2 atom stereocenters. The highest BCUT2D eigenvalue weighted by molar-refractivity contribution is 5.15. The Bertz CT molecular complexity index is 409. The van der Waals surface area contributed by atoms with Gasteiger partial charge < -0.3 is 10.6 Å². The fraction of sp³-hybridized carbons (Fsp3) is 0.684. The molecule has 0 bridgehead atoms. The maximum atomic E-state index is 6.30. The average molecular weight is 286 g/mol. The van der Waals surface area contributed by atoms with Crippen LogP contribution >= 0.6 is 0 Å². The first-order chi connectivity index (χ1) is 10.3. The van der Waals surface area contributed by atoms with Crippen molar-refractivity contribution in [1.82, 2.24) is 4.90 Å². The lowest BCUT2D eigenvalue weighted by Gasteiger charge is -2.37. The number of rotatable bonds is 4. The normalized spacial score (nSPS) is 28.6. The van der Waals surface area contributed by atoms with Crippen LogP contribution in [0.1, 0.15) is 44.1 Å². The molecular weight excluding hydrogens is 256 g/mol. The van der Waals surface area contributed by atoms with Gasteiger partial charge in [-0.2, -0.15) is 0 Å². The third kappa shape index (κ3) is 4.31. The molecule has 2 fully saturated rings. The predicted molar refractivity (Wildman–Crippen MR) is 89.2 cm³/mol. The van der Waals surface area contributed by atoms with Crippen LogP contribution in [-0.2, 0) is 6.42 Å². The summed E-state index contributed by atoms with van der Waals surface area (Å²) in [5.74, 6) is 1.63. The molecule has 0 radical (unpaired) electrons. The van der Waals surface area contributed by atoms with E-state index in [9.17, 15) is 0 Å². The minimum absolute atomic E-state index is 0.459. The maximum absolute atomic E-state index is 6.30. The average Bonchev–Trinajstić information content (AvgIpc) is 2.52. The number of piperidine rings is 1. The summed E-state index contributed by atoms with van der Waals surface area (Å²) in [6.45, 7) is 3.81. The molecule has 3 rings (SSSR count). The summed E-state index contributed by atoms with van der Waals surface area (Å²) in [6, 6.07) is 11.4. The second kappa shape index (κ2) is 7.42. The molecule has 2 nitrogen and oxygen atoms in total. The number of benzene rings is 1. The number of nitrogens with two attached hydrogens (primary N) is 1. The molecule has 1 saturated carbocycles. The fourth-order valence-corrected chi connectivity index (χ4v) is 4.12. The summed E-state index contributed by atoms with van der Waals surface area (Å²) in [7, 11) is 0. The Kier molecular flexibility index (Phi) is 5.32. The molecule has 2 aliphatic rings. The van der Waals surface area contributed by atoms with Gasteiger partial charge in [-0.05, 0) is 62.6 Å². The van der Waals surface area contributed by atoms with Crippen LogP contribution in [0, 0.1) is 11.8 Å². The molecule has 1 saturated heterocycles. The first-order valence-electron chi connectivity index (χ1n) is 8.83. The highest BCUT2D eigenvalue weighted by atomic mass is 15.1. The van der Waals surface area contributed by atoms with E-state index in [4.69, 9.17) is 5.73 Å². The minimum Gasteiger partial charge on any atom is -0.327 e. The summed E-state index contributed by atoms with van der Waals surface area (Å²) < 4.78 is 0. The second-order valence-electron chi connectivity index (χ2n) is 7.14. The van der Waals surface area contributed by atoms with Gasteiger partial charge >= 0.3 is 0 Å². The van der Waals surface area contributed by atoms with E-state index in [0.29, 0.717) is 6.04 Å². The zero-order valence-corrected chi connectivity index (χ0v) is 13.2. The van der Waals surface area contributed by atoms with Gasteiger partial charge in [0.1, 0.15) is 0 Å². The Balaban J connectivity index is 1.42. The molecule has 0 spiro atoms. The lowest BCUT2D eigenvalue weighted by atomic mass is 9.83. The van der Waals surface area contributed by atoms with Gasteiger partial charge in [-0.25, -0.2) is 0 Å². The maximum Gasteiger partial charge on any atom is 0.00793 e. The van der Waals surface area contributed by atoms with E-state index >= 15 is 0 Å². The van der Waals surface area contributed by atoms with Crippen molar-refractivity contribution in [2.45, 2.75) is 51.0 Å². The van der Waals surface area contributed by atoms with Crippen LogP contribution in [0.15, 0.2) is 30.3 Å². The minimum atomic E-state index is 0.459. The molecule has 2 N–H and O–H groups in total. The first-order valence-corrected chi connectivity index (χ1v) is 8.83. The van der Waals surface area contributed by atoms with Crippen molar-refractivity contribution < 1.29 is 0 Å². The molecule has 1 aromatic carbocycles. The largest absolute Gasteiger partial charge is 0.327 e. The molecule has 0 amide bonds. The number of hydrogen-bond acceptors (Lipinski definition) is 2. The van der Waals surface area contributed by atoms with Gasteiger partial charge in [0.2, 0.25) is 0 Å². The van der Waals surface area contributed by atoms with Gasteiger partial charge in [0, 0.05) is 12.6 Å². The predicted octanol–water partition coefficient (Wildman–Crippen LogP) is 3.46. The number of nitrogens with zero attached hydrogens (tertiary/aromatic N) is 1. The Morgan fingerprint density at radius 1 is 0.952 bits per heavy atom.